The van der Waals surface area contributed by atoms with Crippen LogP contribution in [0.2, 0.25) is 0 Å². The summed E-state index contributed by atoms with van der Waals surface area (Å²) in [7, 11) is 0. The van der Waals surface area contributed by atoms with Crippen molar-refractivity contribution in [3.05, 3.63) is 82.5 Å². The van der Waals surface area contributed by atoms with Crippen molar-refractivity contribution >= 4 is 27.8 Å². The maximum absolute atomic E-state index is 12.9. The van der Waals surface area contributed by atoms with Gasteiger partial charge in [-0.2, -0.15) is 10.2 Å². The molecule has 0 fully saturated rings. The minimum Gasteiger partial charge on any atom is -0.478 e. The highest BCUT2D eigenvalue weighted by Gasteiger charge is 2.23. The molecule has 5 aromatic rings. The van der Waals surface area contributed by atoms with Gasteiger partial charge in [-0.1, -0.05) is 56.3 Å². The fourth-order valence-electron chi connectivity index (χ4n) is 4.13. The van der Waals surface area contributed by atoms with Crippen molar-refractivity contribution in [2.45, 2.75) is 26.8 Å². The molecule has 0 bridgehead atoms. The SMILES string of the molecule is CC(C)(Cc1ccc2ccccc2c1)Cn1ncc2nc(-n3cc(C(=O)O)cn3)[nH]c(=O)c21. The predicted molar refractivity (Wildman–Crippen MR) is 124 cm³/mol. The van der Waals surface area contributed by atoms with E-state index in [-0.39, 0.29) is 22.5 Å². The van der Waals surface area contributed by atoms with Gasteiger partial charge in [0.15, 0.2) is 5.52 Å². The van der Waals surface area contributed by atoms with Crippen LogP contribution in [0.3, 0.4) is 0 Å². The Morgan fingerprint density at radius 2 is 1.88 bits per heavy atom. The van der Waals surface area contributed by atoms with Crippen LogP contribution < -0.4 is 5.56 Å². The van der Waals surface area contributed by atoms with Crippen LogP contribution in [0.4, 0.5) is 0 Å². The van der Waals surface area contributed by atoms with Crippen LogP contribution in [0.5, 0.6) is 0 Å². The molecule has 166 valence electrons. The molecule has 3 heterocycles. The summed E-state index contributed by atoms with van der Waals surface area (Å²) >= 11 is 0. The van der Waals surface area contributed by atoms with E-state index in [1.54, 1.807) is 10.9 Å². The van der Waals surface area contributed by atoms with Gasteiger partial charge in [0.05, 0.1) is 18.0 Å². The van der Waals surface area contributed by atoms with Gasteiger partial charge in [-0.3, -0.25) is 14.5 Å². The molecule has 0 saturated heterocycles. The Bertz CT molecular complexity index is 1560. The van der Waals surface area contributed by atoms with Gasteiger partial charge in [-0.05, 0) is 28.2 Å². The smallest absolute Gasteiger partial charge is 0.338 e. The Hall–Kier alpha value is -4.27. The van der Waals surface area contributed by atoms with Gasteiger partial charge in [-0.15, -0.1) is 0 Å². The lowest BCUT2D eigenvalue weighted by molar-refractivity contribution is 0.0697. The standard InChI is InChI=1S/C24H22N6O3/c1-24(2,10-15-7-8-16-5-3-4-6-17(16)9-15)14-30-20-19(12-26-30)27-23(28-21(20)31)29-13-18(11-25-29)22(32)33/h3-9,11-13H,10,14H2,1-2H3,(H,32,33)(H,27,28,31). The average Bonchev–Trinajstić information content (AvgIpc) is 3.41. The molecule has 3 aromatic heterocycles. The Kier molecular flexibility index (Phi) is 4.81. The number of carbonyl (C=O) groups is 1. The molecule has 0 atom stereocenters. The normalized spacial score (nSPS) is 11.9. The molecule has 0 spiro atoms. The molecule has 5 rings (SSSR count). The molecular formula is C24H22N6O3. The minimum absolute atomic E-state index is 0.00359. The number of carboxylic acids is 1. The number of hydrogen-bond donors (Lipinski definition) is 2. The average molecular weight is 442 g/mol. The molecule has 33 heavy (non-hydrogen) atoms. The lowest BCUT2D eigenvalue weighted by atomic mass is 9.85. The van der Waals surface area contributed by atoms with Crippen LogP contribution in [-0.4, -0.2) is 40.6 Å². The van der Waals surface area contributed by atoms with Gasteiger partial charge < -0.3 is 5.11 Å². The summed E-state index contributed by atoms with van der Waals surface area (Å²) in [6.45, 7) is 4.81. The third-order valence-corrected chi connectivity index (χ3v) is 5.61. The number of H-pyrrole nitrogens is 1. The van der Waals surface area contributed by atoms with Gasteiger partial charge in [-0.25, -0.2) is 14.5 Å². The van der Waals surface area contributed by atoms with Crippen LogP contribution in [0.15, 0.2) is 65.8 Å². The number of aromatic amines is 1. The van der Waals surface area contributed by atoms with Crippen LogP contribution >= 0.6 is 0 Å². The van der Waals surface area contributed by atoms with Crippen molar-refractivity contribution in [1.29, 1.82) is 0 Å². The fraction of sp³-hybridized carbons (Fsp3) is 0.208. The molecule has 0 unspecified atom stereocenters. The van der Waals surface area contributed by atoms with Gasteiger partial charge in [0.25, 0.3) is 5.56 Å². The van der Waals surface area contributed by atoms with E-state index in [0.717, 1.165) is 6.42 Å². The number of benzene rings is 2. The van der Waals surface area contributed by atoms with Gasteiger partial charge >= 0.3 is 5.97 Å². The van der Waals surface area contributed by atoms with Gasteiger partial charge in [0, 0.05) is 12.7 Å². The van der Waals surface area contributed by atoms with Crippen LogP contribution in [0.25, 0.3) is 27.8 Å². The molecule has 0 aliphatic heterocycles. The molecule has 0 aliphatic carbocycles. The van der Waals surface area contributed by atoms with Crippen molar-refractivity contribution in [3.63, 3.8) is 0 Å². The van der Waals surface area contributed by atoms with E-state index in [4.69, 9.17) is 5.11 Å². The number of carboxylic acid groups (broad SMARTS) is 1. The molecule has 0 saturated carbocycles. The van der Waals surface area contributed by atoms with Crippen molar-refractivity contribution in [3.8, 4) is 5.95 Å². The quantitative estimate of drug-likeness (QED) is 0.416. The summed E-state index contributed by atoms with van der Waals surface area (Å²) in [5, 5.41) is 19.9. The predicted octanol–water partition coefficient (Wildman–Crippen LogP) is 3.43. The van der Waals surface area contributed by atoms with E-state index in [0.29, 0.717) is 17.6 Å². The lowest BCUT2D eigenvalue weighted by Gasteiger charge is -2.25. The monoisotopic (exact) mass is 442 g/mol. The van der Waals surface area contributed by atoms with Crippen molar-refractivity contribution in [1.82, 2.24) is 29.5 Å². The fourth-order valence-corrected chi connectivity index (χ4v) is 4.13. The Balaban J connectivity index is 1.43. The first-order valence-electron chi connectivity index (χ1n) is 10.5. The summed E-state index contributed by atoms with van der Waals surface area (Å²) in [5.41, 5.74) is 1.48. The van der Waals surface area contributed by atoms with Gasteiger partial charge in [0.1, 0.15) is 5.52 Å². The maximum atomic E-state index is 12.9. The van der Waals surface area contributed by atoms with Crippen molar-refractivity contribution in [2.75, 3.05) is 0 Å². The highest BCUT2D eigenvalue weighted by atomic mass is 16.4. The minimum atomic E-state index is -1.11. The highest BCUT2D eigenvalue weighted by molar-refractivity contribution is 5.87. The third kappa shape index (κ3) is 4.00. The summed E-state index contributed by atoms with van der Waals surface area (Å²) in [6, 6.07) is 14.7. The zero-order valence-corrected chi connectivity index (χ0v) is 18.2. The van der Waals surface area contributed by atoms with Crippen molar-refractivity contribution < 1.29 is 9.90 Å². The first kappa shape index (κ1) is 20.6. The molecular weight excluding hydrogens is 420 g/mol. The Labute approximate surface area is 188 Å². The number of nitrogens with one attached hydrogen (secondary N) is 1. The van der Waals surface area contributed by atoms with E-state index in [2.05, 4.69) is 64.3 Å². The van der Waals surface area contributed by atoms with E-state index in [9.17, 15) is 9.59 Å². The number of fused-ring (bicyclic) bond motifs is 2. The lowest BCUT2D eigenvalue weighted by Crippen LogP contribution is -2.25. The molecule has 2 aromatic carbocycles. The first-order valence-corrected chi connectivity index (χ1v) is 10.5. The second-order valence-electron chi connectivity index (χ2n) is 8.93. The second-order valence-corrected chi connectivity index (χ2v) is 8.93. The second kappa shape index (κ2) is 7.70. The zero-order valence-electron chi connectivity index (χ0n) is 18.2. The highest BCUT2D eigenvalue weighted by Crippen LogP contribution is 2.27. The topological polar surface area (TPSA) is 119 Å². The number of aromatic carboxylic acids is 1. The molecule has 0 radical (unpaired) electrons. The summed E-state index contributed by atoms with van der Waals surface area (Å²) in [4.78, 5) is 31.1. The molecule has 2 N–H and O–H groups in total. The van der Waals surface area contributed by atoms with E-state index in [1.165, 1.54) is 33.4 Å². The summed E-state index contributed by atoms with van der Waals surface area (Å²) < 4.78 is 2.91. The van der Waals surface area contributed by atoms with Crippen molar-refractivity contribution in [2.24, 2.45) is 5.41 Å². The molecule has 0 amide bonds. The molecule has 9 heteroatoms. The van der Waals surface area contributed by atoms with Crippen LogP contribution in [-0.2, 0) is 13.0 Å². The van der Waals surface area contributed by atoms with E-state index < -0.39 is 5.97 Å². The molecule has 0 aliphatic rings. The van der Waals surface area contributed by atoms with E-state index in [1.807, 2.05) is 12.1 Å². The number of rotatable bonds is 6. The van der Waals surface area contributed by atoms with Crippen LogP contribution in [0.1, 0.15) is 29.8 Å². The third-order valence-electron chi connectivity index (χ3n) is 5.61. The van der Waals surface area contributed by atoms with Gasteiger partial charge in [0.2, 0.25) is 5.95 Å². The van der Waals surface area contributed by atoms with Crippen LogP contribution in [0, 0.1) is 5.41 Å². The Morgan fingerprint density at radius 3 is 2.64 bits per heavy atom. The largest absolute Gasteiger partial charge is 0.478 e. The summed E-state index contributed by atoms with van der Waals surface area (Å²) in [5.74, 6) is -0.971. The van der Waals surface area contributed by atoms with E-state index >= 15 is 0 Å². The first-order chi connectivity index (χ1) is 15.8. The Morgan fingerprint density at radius 1 is 1.09 bits per heavy atom. The molecule has 9 nitrogen and oxygen atoms in total. The summed E-state index contributed by atoms with van der Waals surface area (Å²) in [6.07, 6.45) is 4.85. The number of nitrogens with zero attached hydrogens (tertiary/aromatic N) is 5. The maximum Gasteiger partial charge on any atom is 0.338 e. The number of hydrogen-bond acceptors (Lipinski definition) is 5. The number of aromatic nitrogens is 6. The zero-order chi connectivity index (χ0) is 23.2.